The number of carboxylic acids is 1. The molecule has 4 heteroatoms. The van der Waals surface area contributed by atoms with Gasteiger partial charge in [0.1, 0.15) is 5.75 Å². The van der Waals surface area contributed by atoms with Crippen LogP contribution < -0.4 is 0 Å². The fraction of sp³-hybridized carbons (Fsp3) is 0.364. The number of halogens is 1. The van der Waals surface area contributed by atoms with Crippen molar-refractivity contribution in [2.45, 2.75) is 26.2 Å². The Bertz CT molecular complexity index is 388. The molecule has 0 saturated heterocycles. The number of benzene rings is 1. The van der Waals surface area contributed by atoms with Crippen molar-refractivity contribution in [3.05, 3.63) is 28.3 Å². The molecule has 1 rings (SSSR count). The number of rotatable bonds is 3. The molecule has 0 aliphatic heterocycles. The highest BCUT2D eigenvalue weighted by Gasteiger charge is 2.18. The summed E-state index contributed by atoms with van der Waals surface area (Å²) >= 11 is 5.95. The fourth-order valence-corrected chi connectivity index (χ4v) is 1.68. The van der Waals surface area contributed by atoms with Crippen molar-refractivity contribution in [3.8, 4) is 5.75 Å². The summed E-state index contributed by atoms with van der Waals surface area (Å²) in [6.45, 7) is 3.43. The highest BCUT2D eigenvalue weighted by atomic mass is 35.5. The van der Waals surface area contributed by atoms with Gasteiger partial charge in [-0.1, -0.05) is 18.5 Å². The number of aryl methyl sites for hydroxylation is 1. The van der Waals surface area contributed by atoms with E-state index in [9.17, 15) is 9.90 Å². The van der Waals surface area contributed by atoms with Gasteiger partial charge in [0.05, 0.1) is 5.92 Å². The van der Waals surface area contributed by atoms with Crippen LogP contribution in [0.25, 0.3) is 0 Å². The Morgan fingerprint density at radius 3 is 2.60 bits per heavy atom. The second kappa shape index (κ2) is 4.53. The summed E-state index contributed by atoms with van der Waals surface area (Å²) in [4.78, 5) is 10.8. The third kappa shape index (κ3) is 2.42. The maximum atomic E-state index is 10.8. The molecule has 0 saturated carbocycles. The van der Waals surface area contributed by atoms with E-state index in [4.69, 9.17) is 16.7 Å². The number of aromatic hydroxyl groups is 1. The first-order chi connectivity index (χ1) is 6.97. The van der Waals surface area contributed by atoms with Crippen molar-refractivity contribution in [3.63, 3.8) is 0 Å². The van der Waals surface area contributed by atoms with Gasteiger partial charge in [-0.15, -0.1) is 0 Å². The highest BCUT2D eigenvalue weighted by Crippen LogP contribution is 2.31. The summed E-state index contributed by atoms with van der Waals surface area (Å²) in [6, 6.07) is 3.05. The van der Waals surface area contributed by atoms with E-state index >= 15 is 0 Å². The highest BCUT2D eigenvalue weighted by molar-refractivity contribution is 6.31. The van der Waals surface area contributed by atoms with Crippen molar-refractivity contribution in [2.24, 2.45) is 0 Å². The number of carboxylic acid groups (broad SMARTS) is 1. The lowest BCUT2D eigenvalue weighted by atomic mass is 9.98. The second-order valence-corrected chi connectivity index (χ2v) is 3.82. The summed E-state index contributed by atoms with van der Waals surface area (Å²) in [5.74, 6) is -1.75. The van der Waals surface area contributed by atoms with E-state index in [1.165, 1.54) is 19.1 Å². The molecule has 15 heavy (non-hydrogen) atoms. The van der Waals surface area contributed by atoms with Crippen LogP contribution in [-0.2, 0) is 11.2 Å². The molecule has 1 unspecified atom stereocenters. The molecule has 0 aromatic heterocycles. The van der Waals surface area contributed by atoms with Crippen molar-refractivity contribution in [1.82, 2.24) is 0 Å². The van der Waals surface area contributed by atoms with Gasteiger partial charge in [-0.05, 0) is 31.0 Å². The van der Waals surface area contributed by atoms with Gasteiger partial charge < -0.3 is 10.2 Å². The summed E-state index contributed by atoms with van der Waals surface area (Å²) in [5.41, 5.74) is 1.17. The van der Waals surface area contributed by atoms with Gasteiger partial charge in [-0.3, -0.25) is 4.79 Å². The van der Waals surface area contributed by atoms with E-state index in [2.05, 4.69) is 0 Å². The van der Waals surface area contributed by atoms with E-state index in [1.807, 2.05) is 6.92 Å². The molecular formula is C11H13ClO3. The minimum atomic E-state index is -0.981. The van der Waals surface area contributed by atoms with Crippen molar-refractivity contribution >= 4 is 17.6 Å². The number of hydrogen-bond donors (Lipinski definition) is 2. The Morgan fingerprint density at radius 2 is 2.13 bits per heavy atom. The molecule has 0 aliphatic carbocycles. The van der Waals surface area contributed by atoms with Gasteiger partial charge in [0.25, 0.3) is 0 Å². The molecule has 0 heterocycles. The van der Waals surface area contributed by atoms with Gasteiger partial charge in [-0.25, -0.2) is 0 Å². The van der Waals surface area contributed by atoms with E-state index in [1.54, 1.807) is 0 Å². The number of carbonyl (C=O) groups is 1. The van der Waals surface area contributed by atoms with Crippen LogP contribution in [0.3, 0.4) is 0 Å². The molecule has 1 atom stereocenters. The third-order valence-corrected chi connectivity index (χ3v) is 2.77. The Balaban J connectivity index is 3.21. The van der Waals surface area contributed by atoms with Gasteiger partial charge in [0.2, 0.25) is 0 Å². The fourth-order valence-electron chi connectivity index (χ4n) is 1.37. The number of aliphatic carboxylic acids is 1. The standard InChI is InChI=1S/C11H13ClO3/c1-3-7-4-10(13)8(5-9(7)12)6(2)11(14)15/h4-6,13H,3H2,1-2H3,(H,14,15). The molecule has 0 bridgehead atoms. The molecule has 1 aromatic carbocycles. The number of hydrogen-bond acceptors (Lipinski definition) is 2. The first kappa shape index (κ1) is 11.9. The Morgan fingerprint density at radius 1 is 1.53 bits per heavy atom. The third-order valence-electron chi connectivity index (χ3n) is 2.41. The normalized spacial score (nSPS) is 12.5. The van der Waals surface area contributed by atoms with E-state index in [0.717, 1.165) is 5.56 Å². The summed E-state index contributed by atoms with van der Waals surface area (Å²) in [6.07, 6.45) is 0.703. The predicted molar refractivity (Wildman–Crippen MR) is 58.5 cm³/mol. The van der Waals surface area contributed by atoms with Crippen LogP contribution >= 0.6 is 11.6 Å². The van der Waals surface area contributed by atoms with Gasteiger partial charge in [0, 0.05) is 10.6 Å². The SMILES string of the molecule is CCc1cc(O)c(C(C)C(=O)O)cc1Cl. The number of phenols is 1. The van der Waals surface area contributed by atoms with Crippen LogP contribution in [0.4, 0.5) is 0 Å². The van der Waals surface area contributed by atoms with E-state index in [-0.39, 0.29) is 5.75 Å². The van der Waals surface area contributed by atoms with Gasteiger partial charge >= 0.3 is 5.97 Å². The maximum Gasteiger partial charge on any atom is 0.310 e. The topological polar surface area (TPSA) is 57.5 Å². The quantitative estimate of drug-likeness (QED) is 0.837. The molecule has 0 spiro atoms. The molecule has 0 amide bonds. The molecule has 2 N–H and O–H groups in total. The lowest BCUT2D eigenvalue weighted by Crippen LogP contribution is -2.07. The smallest absolute Gasteiger partial charge is 0.310 e. The molecule has 0 fully saturated rings. The predicted octanol–water partition coefficient (Wildman–Crippen LogP) is 2.80. The van der Waals surface area contributed by atoms with Crippen LogP contribution in [0.1, 0.15) is 30.9 Å². The van der Waals surface area contributed by atoms with E-state index in [0.29, 0.717) is 17.0 Å². The van der Waals surface area contributed by atoms with Crippen molar-refractivity contribution < 1.29 is 15.0 Å². The van der Waals surface area contributed by atoms with Crippen molar-refractivity contribution in [2.75, 3.05) is 0 Å². The lowest BCUT2D eigenvalue weighted by molar-refractivity contribution is -0.138. The van der Waals surface area contributed by atoms with Crippen LogP contribution in [-0.4, -0.2) is 16.2 Å². The summed E-state index contributed by atoms with van der Waals surface area (Å²) in [7, 11) is 0. The molecule has 82 valence electrons. The average Bonchev–Trinajstić information content (AvgIpc) is 2.19. The zero-order valence-corrected chi connectivity index (χ0v) is 9.38. The Hall–Kier alpha value is -1.22. The zero-order valence-electron chi connectivity index (χ0n) is 8.62. The van der Waals surface area contributed by atoms with Crippen LogP contribution in [0.5, 0.6) is 5.75 Å². The Kier molecular flexibility index (Phi) is 3.58. The van der Waals surface area contributed by atoms with Gasteiger partial charge in [-0.2, -0.15) is 0 Å². The molecule has 1 aromatic rings. The molecule has 0 aliphatic rings. The molecule has 3 nitrogen and oxygen atoms in total. The monoisotopic (exact) mass is 228 g/mol. The first-order valence-corrected chi connectivity index (χ1v) is 5.09. The minimum Gasteiger partial charge on any atom is -0.508 e. The number of phenolic OH excluding ortho intramolecular Hbond substituents is 1. The Labute approximate surface area is 93.3 Å². The lowest BCUT2D eigenvalue weighted by Gasteiger charge is -2.11. The largest absolute Gasteiger partial charge is 0.508 e. The summed E-state index contributed by atoms with van der Waals surface area (Å²) < 4.78 is 0. The zero-order chi connectivity index (χ0) is 11.6. The summed E-state index contributed by atoms with van der Waals surface area (Å²) in [5, 5.41) is 19.0. The van der Waals surface area contributed by atoms with Crippen LogP contribution in [0.15, 0.2) is 12.1 Å². The van der Waals surface area contributed by atoms with Crippen LogP contribution in [0, 0.1) is 0 Å². The first-order valence-electron chi connectivity index (χ1n) is 4.71. The minimum absolute atomic E-state index is 0.00819. The van der Waals surface area contributed by atoms with Gasteiger partial charge in [0.15, 0.2) is 0 Å². The van der Waals surface area contributed by atoms with Crippen LogP contribution in [0.2, 0.25) is 5.02 Å². The average molecular weight is 229 g/mol. The van der Waals surface area contributed by atoms with Crippen molar-refractivity contribution in [1.29, 1.82) is 0 Å². The second-order valence-electron chi connectivity index (χ2n) is 3.42. The molecular weight excluding hydrogens is 216 g/mol. The molecule has 0 radical (unpaired) electrons. The maximum absolute atomic E-state index is 10.8. The van der Waals surface area contributed by atoms with E-state index < -0.39 is 11.9 Å².